The fraction of sp³-hybridized carbons (Fsp3) is 0.579. The Morgan fingerprint density at radius 3 is 2.69 bits per heavy atom. The number of hydrogen-bond donors (Lipinski definition) is 4. The summed E-state index contributed by atoms with van der Waals surface area (Å²) >= 11 is 0. The van der Waals surface area contributed by atoms with E-state index in [1.165, 1.54) is 12.1 Å². The summed E-state index contributed by atoms with van der Waals surface area (Å²) in [6.07, 6.45) is 3.61. The van der Waals surface area contributed by atoms with Crippen molar-refractivity contribution in [2.45, 2.75) is 45.2 Å². The van der Waals surface area contributed by atoms with E-state index >= 15 is 0 Å². The van der Waals surface area contributed by atoms with Gasteiger partial charge in [-0.05, 0) is 56.0 Å². The lowest BCUT2D eigenvalue weighted by Crippen LogP contribution is -2.51. The number of piperidine rings is 1. The molecule has 6 nitrogen and oxygen atoms in total. The van der Waals surface area contributed by atoms with E-state index in [1.54, 1.807) is 12.1 Å². The monoisotopic (exact) mass is 364 g/mol. The number of carbonyl (C=O) groups excluding carboxylic acids is 2. The Morgan fingerprint density at radius 1 is 1.27 bits per heavy atom. The van der Waals surface area contributed by atoms with E-state index < -0.39 is 12.1 Å². The molecule has 7 heteroatoms. The molecule has 1 saturated heterocycles. The van der Waals surface area contributed by atoms with Crippen molar-refractivity contribution in [1.82, 2.24) is 21.3 Å². The molecule has 0 radical (unpaired) electrons. The summed E-state index contributed by atoms with van der Waals surface area (Å²) in [5.41, 5.74) is 0.794. The molecule has 2 rings (SSSR count). The van der Waals surface area contributed by atoms with Crippen molar-refractivity contribution in [2.75, 3.05) is 19.6 Å². The van der Waals surface area contributed by atoms with Gasteiger partial charge in [-0.15, -0.1) is 0 Å². The number of amides is 3. The third-order valence-electron chi connectivity index (χ3n) is 4.53. The highest BCUT2D eigenvalue weighted by atomic mass is 19.1. The Bertz CT molecular complexity index is 573. The Kier molecular flexibility index (Phi) is 8.34. The van der Waals surface area contributed by atoms with Crippen molar-refractivity contribution in [2.24, 2.45) is 5.92 Å². The van der Waals surface area contributed by atoms with Crippen molar-refractivity contribution in [1.29, 1.82) is 0 Å². The Labute approximate surface area is 154 Å². The van der Waals surface area contributed by atoms with E-state index in [9.17, 15) is 14.0 Å². The lowest BCUT2D eigenvalue weighted by Gasteiger charge is -2.24. The van der Waals surface area contributed by atoms with Crippen molar-refractivity contribution in [3.05, 3.63) is 35.6 Å². The van der Waals surface area contributed by atoms with Gasteiger partial charge in [0.25, 0.3) is 0 Å². The zero-order chi connectivity index (χ0) is 18.8. The van der Waals surface area contributed by atoms with E-state index in [4.69, 9.17) is 0 Å². The lowest BCUT2D eigenvalue weighted by atomic mass is 9.99. The van der Waals surface area contributed by atoms with Crippen LogP contribution in [0.4, 0.5) is 9.18 Å². The largest absolute Gasteiger partial charge is 0.354 e. The maximum absolute atomic E-state index is 12.9. The van der Waals surface area contributed by atoms with Gasteiger partial charge in [0.15, 0.2) is 0 Å². The van der Waals surface area contributed by atoms with Crippen molar-refractivity contribution >= 4 is 11.9 Å². The number of benzene rings is 1. The van der Waals surface area contributed by atoms with Crippen LogP contribution in [0, 0.1) is 11.7 Å². The molecule has 1 aliphatic heterocycles. The highest BCUT2D eigenvalue weighted by Crippen LogP contribution is 2.08. The minimum absolute atomic E-state index is 0.144. The molecule has 0 saturated carbocycles. The van der Waals surface area contributed by atoms with Gasteiger partial charge in [-0.1, -0.05) is 25.5 Å². The van der Waals surface area contributed by atoms with Gasteiger partial charge in [0, 0.05) is 13.1 Å². The third-order valence-corrected chi connectivity index (χ3v) is 4.53. The van der Waals surface area contributed by atoms with Crippen molar-refractivity contribution in [3.63, 3.8) is 0 Å². The molecular formula is C19H29FN4O2. The summed E-state index contributed by atoms with van der Waals surface area (Å²) in [5, 5.41) is 11.7. The molecule has 26 heavy (non-hydrogen) atoms. The van der Waals surface area contributed by atoms with Gasteiger partial charge in [-0.2, -0.15) is 0 Å². The van der Waals surface area contributed by atoms with E-state index in [0.29, 0.717) is 18.9 Å². The van der Waals surface area contributed by atoms with E-state index in [0.717, 1.165) is 37.9 Å². The highest BCUT2D eigenvalue weighted by molar-refractivity contribution is 5.86. The molecule has 144 valence electrons. The number of halogens is 1. The minimum Gasteiger partial charge on any atom is -0.354 e. The maximum atomic E-state index is 12.9. The number of urea groups is 1. The van der Waals surface area contributed by atoms with Gasteiger partial charge < -0.3 is 21.3 Å². The topological polar surface area (TPSA) is 82.3 Å². The molecule has 1 aromatic carbocycles. The minimum atomic E-state index is -0.551. The summed E-state index contributed by atoms with van der Waals surface area (Å²) in [6.45, 7) is 4.84. The predicted molar refractivity (Wildman–Crippen MR) is 99.1 cm³/mol. The van der Waals surface area contributed by atoms with Gasteiger partial charge in [-0.25, -0.2) is 9.18 Å². The first-order valence-corrected chi connectivity index (χ1v) is 9.35. The zero-order valence-corrected chi connectivity index (χ0v) is 15.3. The summed E-state index contributed by atoms with van der Waals surface area (Å²) < 4.78 is 12.9. The quantitative estimate of drug-likeness (QED) is 0.569. The van der Waals surface area contributed by atoms with Gasteiger partial charge in [0.2, 0.25) is 5.91 Å². The van der Waals surface area contributed by atoms with Crippen LogP contribution < -0.4 is 21.3 Å². The van der Waals surface area contributed by atoms with Crippen LogP contribution in [0.2, 0.25) is 0 Å². The third kappa shape index (κ3) is 7.00. The van der Waals surface area contributed by atoms with Crippen molar-refractivity contribution in [3.8, 4) is 0 Å². The standard InChI is InChI=1S/C19H29FN4O2/c1-2-4-17(18(25)22-13-15-5-3-10-21-11-15)24-19(26)23-12-14-6-8-16(20)9-7-14/h6-9,15,17,21H,2-5,10-13H2,1H3,(H,22,25)(H2,23,24,26). The first kappa shape index (κ1) is 20.2. The zero-order valence-electron chi connectivity index (χ0n) is 15.3. The summed E-state index contributed by atoms with van der Waals surface area (Å²) in [5.74, 6) is -0.0114. The molecule has 0 aliphatic carbocycles. The van der Waals surface area contributed by atoms with Crippen LogP contribution in [0.15, 0.2) is 24.3 Å². The highest BCUT2D eigenvalue weighted by Gasteiger charge is 2.21. The molecular weight excluding hydrogens is 335 g/mol. The molecule has 3 amide bonds. The molecule has 1 heterocycles. The summed E-state index contributed by atoms with van der Waals surface area (Å²) in [4.78, 5) is 24.5. The van der Waals surface area contributed by atoms with E-state index in [2.05, 4.69) is 21.3 Å². The molecule has 1 aromatic rings. The second kappa shape index (κ2) is 10.8. The van der Waals surface area contributed by atoms with Crippen LogP contribution in [0.25, 0.3) is 0 Å². The summed E-state index contributed by atoms with van der Waals surface area (Å²) in [6, 6.07) is 4.98. The fourth-order valence-corrected chi connectivity index (χ4v) is 3.02. The number of rotatable bonds is 8. The van der Waals surface area contributed by atoms with Crippen LogP contribution in [-0.2, 0) is 11.3 Å². The average molecular weight is 364 g/mol. The van der Waals surface area contributed by atoms with Gasteiger partial charge >= 0.3 is 6.03 Å². The Balaban J connectivity index is 1.76. The molecule has 0 bridgehead atoms. The smallest absolute Gasteiger partial charge is 0.315 e. The van der Waals surface area contributed by atoms with E-state index in [-0.39, 0.29) is 18.3 Å². The van der Waals surface area contributed by atoms with Crippen molar-refractivity contribution < 1.29 is 14.0 Å². The molecule has 0 aromatic heterocycles. The van der Waals surface area contributed by atoms with Crippen LogP contribution in [-0.4, -0.2) is 37.6 Å². The first-order chi connectivity index (χ1) is 12.6. The van der Waals surface area contributed by atoms with Gasteiger partial charge in [0.05, 0.1) is 0 Å². The lowest BCUT2D eigenvalue weighted by molar-refractivity contribution is -0.123. The maximum Gasteiger partial charge on any atom is 0.315 e. The molecule has 1 fully saturated rings. The molecule has 0 spiro atoms. The second-order valence-corrected chi connectivity index (χ2v) is 6.75. The number of nitrogens with one attached hydrogen (secondary N) is 4. The molecule has 1 aliphatic rings. The number of carbonyl (C=O) groups is 2. The predicted octanol–water partition coefficient (Wildman–Crippen LogP) is 1.91. The van der Waals surface area contributed by atoms with Crippen LogP contribution in [0.3, 0.4) is 0 Å². The SMILES string of the molecule is CCCC(NC(=O)NCc1ccc(F)cc1)C(=O)NCC1CCCNC1. The molecule has 2 unspecified atom stereocenters. The number of hydrogen-bond acceptors (Lipinski definition) is 3. The van der Waals surface area contributed by atoms with Gasteiger partial charge in [0.1, 0.15) is 11.9 Å². The van der Waals surface area contributed by atoms with Crippen LogP contribution in [0.5, 0.6) is 0 Å². The molecule has 4 N–H and O–H groups in total. The van der Waals surface area contributed by atoms with Gasteiger partial charge in [-0.3, -0.25) is 4.79 Å². The van der Waals surface area contributed by atoms with Crippen LogP contribution >= 0.6 is 0 Å². The average Bonchev–Trinajstić information content (AvgIpc) is 2.66. The Hall–Kier alpha value is -2.15. The molecule has 2 atom stereocenters. The second-order valence-electron chi connectivity index (χ2n) is 6.75. The van der Waals surface area contributed by atoms with Crippen LogP contribution in [0.1, 0.15) is 38.2 Å². The van der Waals surface area contributed by atoms with E-state index in [1.807, 2.05) is 6.92 Å². The Morgan fingerprint density at radius 2 is 2.04 bits per heavy atom. The normalized spacial score (nSPS) is 18.0. The summed E-state index contributed by atoms with van der Waals surface area (Å²) in [7, 11) is 0. The first-order valence-electron chi connectivity index (χ1n) is 9.35. The fourth-order valence-electron chi connectivity index (χ4n) is 3.02.